The van der Waals surface area contributed by atoms with Crippen molar-refractivity contribution < 1.29 is 0 Å². The highest BCUT2D eigenvalue weighted by Crippen LogP contribution is 2.40. The Bertz CT molecular complexity index is 3380. The van der Waals surface area contributed by atoms with Gasteiger partial charge < -0.3 is 9.80 Å². The minimum atomic E-state index is 0.965. The molecule has 0 unspecified atom stereocenters. The molecule has 0 saturated heterocycles. The molecule has 8 aromatic carbocycles. The van der Waals surface area contributed by atoms with Gasteiger partial charge in [0.2, 0.25) is 0 Å². The van der Waals surface area contributed by atoms with Gasteiger partial charge in [0.15, 0.2) is 0 Å². The van der Waals surface area contributed by atoms with Crippen LogP contribution in [0, 0.1) is 0 Å². The lowest BCUT2D eigenvalue weighted by molar-refractivity contribution is 1.24. The Labute approximate surface area is 369 Å². The Morgan fingerprint density at radius 2 is 0.531 bits per heavy atom. The summed E-state index contributed by atoms with van der Waals surface area (Å²) < 4.78 is 0. The predicted molar refractivity (Wildman–Crippen MR) is 267 cm³/mol. The topological polar surface area (TPSA) is 58.0 Å². The summed E-state index contributed by atoms with van der Waals surface area (Å²) >= 11 is 0. The maximum absolute atomic E-state index is 4.83. The molecule has 0 amide bonds. The van der Waals surface area contributed by atoms with Gasteiger partial charge in [-0.15, -0.1) is 0 Å². The third-order valence-corrected chi connectivity index (χ3v) is 12.0. The summed E-state index contributed by atoms with van der Waals surface area (Å²) in [7, 11) is 0. The molecule has 300 valence electrons. The molecular weight excluding hydrogens is 781 g/mol. The van der Waals surface area contributed by atoms with Gasteiger partial charge in [-0.2, -0.15) is 0 Å². The summed E-state index contributed by atoms with van der Waals surface area (Å²) in [6.07, 6.45) is 12.2. The van der Waals surface area contributed by atoms with Crippen molar-refractivity contribution >= 4 is 111 Å². The molecule has 0 aliphatic carbocycles. The molecule has 12 aromatic rings. The standard InChI is InChI=1S/C58H38N6/c1-5-13-55-45(9-1)31-51(35-59-55)63(52-32-46-10-2-6-14-56(46)60-36-52)49-25-23-41-27-39(19-21-43(41)29-49)17-18-40-20-22-44-30-50(26-24-42(44)28-40)64(53-33-47-11-3-7-15-57(47)61-37-53)54-34-48-12-4-8-16-58(48)62-38-54/h1-38H/b18-17+. The van der Waals surface area contributed by atoms with E-state index in [-0.39, 0.29) is 0 Å². The third kappa shape index (κ3) is 6.99. The summed E-state index contributed by atoms with van der Waals surface area (Å²) in [5.74, 6) is 0. The molecule has 4 aromatic heterocycles. The lowest BCUT2D eigenvalue weighted by atomic mass is 10.0. The lowest BCUT2D eigenvalue weighted by Gasteiger charge is -2.25. The van der Waals surface area contributed by atoms with E-state index >= 15 is 0 Å². The summed E-state index contributed by atoms with van der Waals surface area (Å²) in [6, 6.07) is 68.3. The van der Waals surface area contributed by atoms with Gasteiger partial charge in [-0.25, -0.2) is 0 Å². The average Bonchev–Trinajstić information content (AvgIpc) is 3.35. The van der Waals surface area contributed by atoms with Crippen molar-refractivity contribution in [3.8, 4) is 0 Å². The highest BCUT2D eigenvalue weighted by atomic mass is 15.2. The summed E-state index contributed by atoms with van der Waals surface area (Å²) in [6.45, 7) is 0. The fourth-order valence-electron chi connectivity index (χ4n) is 8.80. The minimum Gasteiger partial charge on any atom is -0.307 e. The second-order valence-electron chi connectivity index (χ2n) is 16.1. The van der Waals surface area contributed by atoms with Gasteiger partial charge in [-0.05, 0) is 118 Å². The van der Waals surface area contributed by atoms with Crippen LogP contribution in [0.4, 0.5) is 34.1 Å². The van der Waals surface area contributed by atoms with E-state index < -0.39 is 0 Å². The van der Waals surface area contributed by atoms with E-state index in [1.807, 2.05) is 73.3 Å². The highest BCUT2D eigenvalue weighted by Gasteiger charge is 2.17. The lowest BCUT2D eigenvalue weighted by Crippen LogP contribution is -2.10. The van der Waals surface area contributed by atoms with Crippen LogP contribution in [0.25, 0.3) is 77.3 Å². The molecule has 0 spiro atoms. The fraction of sp³-hybridized carbons (Fsp3) is 0. The highest BCUT2D eigenvalue weighted by molar-refractivity contribution is 5.96. The smallest absolute Gasteiger partial charge is 0.0703 e. The zero-order valence-electron chi connectivity index (χ0n) is 34.6. The van der Waals surface area contributed by atoms with Crippen LogP contribution in [-0.4, -0.2) is 19.9 Å². The fourth-order valence-corrected chi connectivity index (χ4v) is 8.80. The van der Waals surface area contributed by atoms with E-state index in [0.29, 0.717) is 0 Å². The van der Waals surface area contributed by atoms with Crippen molar-refractivity contribution in [1.82, 2.24) is 19.9 Å². The summed E-state index contributed by atoms with van der Waals surface area (Å²) in [5.41, 5.74) is 12.1. The number of aromatic nitrogens is 4. The number of para-hydroxylation sites is 4. The number of benzene rings is 8. The molecule has 6 heteroatoms. The van der Waals surface area contributed by atoms with Crippen LogP contribution in [0.3, 0.4) is 0 Å². The number of rotatable bonds is 8. The number of nitrogens with zero attached hydrogens (tertiary/aromatic N) is 6. The Hall–Kier alpha value is -8.74. The van der Waals surface area contributed by atoms with E-state index in [0.717, 1.165) is 110 Å². The molecule has 4 heterocycles. The van der Waals surface area contributed by atoms with Crippen molar-refractivity contribution in [3.05, 3.63) is 230 Å². The van der Waals surface area contributed by atoms with Crippen LogP contribution in [0.1, 0.15) is 11.1 Å². The Kier molecular flexibility index (Phi) is 9.05. The normalized spacial score (nSPS) is 11.7. The van der Waals surface area contributed by atoms with Gasteiger partial charge >= 0.3 is 0 Å². The number of hydrogen-bond acceptors (Lipinski definition) is 6. The number of anilines is 6. The van der Waals surface area contributed by atoms with Crippen LogP contribution in [0.5, 0.6) is 0 Å². The molecule has 0 N–H and O–H groups in total. The number of hydrogen-bond donors (Lipinski definition) is 0. The van der Waals surface area contributed by atoms with E-state index in [2.05, 4.69) is 168 Å². The van der Waals surface area contributed by atoms with Crippen molar-refractivity contribution in [3.63, 3.8) is 0 Å². The first-order valence-corrected chi connectivity index (χ1v) is 21.4. The molecule has 0 atom stereocenters. The van der Waals surface area contributed by atoms with E-state index in [1.165, 1.54) is 0 Å². The first kappa shape index (κ1) is 37.1. The first-order valence-electron chi connectivity index (χ1n) is 21.4. The monoisotopic (exact) mass is 818 g/mol. The van der Waals surface area contributed by atoms with Crippen LogP contribution in [0.15, 0.2) is 219 Å². The molecular formula is C58H38N6. The zero-order chi connectivity index (χ0) is 42.4. The van der Waals surface area contributed by atoms with Gasteiger partial charge in [0.05, 0.1) is 69.6 Å². The zero-order valence-corrected chi connectivity index (χ0v) is 34.6. The van der Waals surface area contributed by atoms with Crippen LogP contribution >= 0.6 is 0 Å². The Balaban J connectivity index is 0.848. The summed E-state index contributed by atoms with van der Waals surface area (Å²) in [5, 5.41) is 8.97. The maximum Gasteiger partial charge on any atom is 0.0703 e. The molecule has 6 nitrogen and oxygen atoms in total. The second-order valence-corrected chi connectivity index (χ2v) is 16.1. The quantitative estimate of drug-likeness (QED) is 0.142. The number of pyridine rings is 4. The van der Waals surface area contributed by atoms with Gasteiger partial charge in [0, 0.05) is 32.9 Å². The molecule has 0 radical (unpaired) electrons. The van der Waals surface area contributed by atoms with Crippen molar-refractivity contribution in [1.29, 1.82) is 0 Å². The minimum absolute atomic E-state index is 0.965. The van der Waals surface area contributed by atoms with Crippen molar-refractivity contribution in [2.24, 2.45) is 0 Å². The van der Waals surface area contributed by atoms with Gasteiger partial charge in [0.25, 0.3) is 0 Å². The first-order chi connectivity index (χ1) is 31.6. The molecule has 0 saturated carbocycles. The van der Waals surface area contributed by atoms with Crippen LogP contribution in [-0.2, 0) is 0 Å². The van der Waals surface area contributed by atoms with Gasteiger partial charge in [-0.3, -0.25) is 19.9 Å². The molecule has 0 aliphatic heterocycles. The predicted octanol–water partition coefficient (Wildman–Crippen LogP) is 15.3. The molecule has 0 bridgehead atoms. The largest absolute Gasteiger partial charge is 0.307 e. The van der Waals surface area contributed by atoms with E-state index in [1.54, 1.807) is 0 Å². The summed E-state index contributed by atoms with van der Waals surface area (Å²) in [4.78, 5) is 23.8. The average molecular weight is 819 g/mol. The van der Waals surface area contributed by atoms with Gasteiger partial charge in [0.1, 0.15) is 0 Å². The molecule has 0 fully saturated rings. The van der Waals surface area contributed by atoms with E-state index in [9.17, 15) is 0 Å². The third-order valence-electron chi connectivity index (χ3n) is 12.0. The number of fused-ring (bicyclic) bond motifs is 6. The SMILES string of the molecule is C(=C\c1ccc2cc(N(c3cnc4ccccc4c3)c3cnc4ccccc4c3)ccc2c1)/c1ccc2cc(N(c3cnc4ccccc4c3)c3cnc4ccccc4c3)ccc2c1. The molecule has 12 rings (SSSR count). The Morgan fingerprint density at radius 1 is 0.250 bits per heavy atom. The van der Waals surface area contributed by atoms with Crippen LogP contribution < -0.4 is 9.80 Å². The van der Waals surface area contributed by atoms with Crippen molar-refractivity contribution in [2.75, 3.05) is 9.80 Å². The van der Waals surface area contributed by atoms with Gasteiger partial charge in [-0.1, -0.05) is 121 Å². The van der Waals surface area contributed by atoms with Crippen molar-refractivity contribution in [2.45, 2.75) is 0 Å². The Morgan fingerprint density at radius 3 is 0.875 bits per heavy atom. The molecule has 0 aliphatic rings. The molecule has 64 heavy (non-hydrogen) atoms. The van der Waals surface area contributed by atoms with Crippen LogP contribution in [0.2, 0.25) is 0 Å². The maximum atomic E-state index is 4.83. The second kappa shape index (κ2) is 15.6. The van der Waals surface area contributed by atoms with E-state index in [4.69, 9.17) is 19.9 Å².